The van der Waals surface area contributed by atoms with Crippen molar-refractivity contribution in [2.24, 2.45) is 12.8 Å². The van der Waals surface area contributed by atoms with Gasteiger partial charge in [-0.1, -0.05) is 15.9 Å². The summed E-state index contributed by atoms with van der Waals surface area (Å²) in [7, 11) is 2.10. The molecule has 0 aliphatic rings. The van der Waals surface area contributed by atoms with E-state index < -0.39 is 0 Å². The molecule has 0 spiro atoms. The van der Waals surface area contributed by atoms with E-state index in [1.807, 2.05) is 0 Å². The van der Waals surface area contributed by atoms with Crippen LogP contribution in [0, 0.1) is 6.92 Å². The van der Waals surface area contributed by atoms with Gasteiger partial charge in [-0.2, -0.15) is 0 Å². The molecule has 2 aromatic rings. The quantitative estimate of drug-likeness (QED) is 0.891. The van der Waals surface area contributed by atoms with E-state index in [1.54, 1.807) is 0 Å². The highest BCUT2D eigenvalue weighted by molar-refractivity contribution is 9.10. The van der Waals surface area contributed by atoms with E-state index in [9.17, 15) is 0 Å². The lowest BCUT2D eigenvalue weighted by Gasteiger charge is -2.06. The van der Waals surface area contributed by atoms with Gasteiger partial charge >= 0.3 is 0 Å². The zero-order chi connectivity index (χ0) is 11.0. The Balaban J connectivity index is 2.75. The number of nitrogens with zero attached hydrogens (tertiary/aromatic N) is 1. The van der Waals surface area contributed by atoms with E-state index in [4.69, 9.17) is 5.73 Å². The number of aromatic nitrogens is 1. The summed E-state index contributed by atoms with van der Waals surface area (Å²) in [6, 6.07) is 6.52. The Hall–Kier alpha value is -0.800. The maximum absolute atomic E-state index is 5.63. The van der Waals surface area contributed by atoms with E-state index in [2.05, 4.69) is 52.7 Å². The molecular formula is C12H15BrN2. The second-order valence-corrected chi connectivity index (χ2v) is 4.80. The number of benzene rings is 1. The first-order valence-electron chi connectivity index (χ1n) is 5.08. The van der Waals surface area contributed by atoms with Gasteiger partial charge in [-0.05, 0) is 43.7 Å². The summed E-state index contributed by atoms with van der Waals surface area (Å²) in [5, 5.41) is 1.29. The minimum absolute atomic E-state index is 0.690. The molecule has 0 aliphatic carbocycles. The van der Waals surface area contributed by atoms with Crippen molar-refractivity contribution >= 4 is 26.8 Å². The number of nitrogens with two attached hydrogens (primary N) is 1. The standard InChI is InChI=1S/C12H15BrN2/c1-8-5-10-7-11(13)6-9(3-4-14)12(10)15(8)2/h5-7H,3-4,14H2,1-2H3. The van der Waals surface area contributed by atoms with Gasteiger partial charge in [0.1, 0.15) is 0 Å². The fraction of sp³-hybridized carbons (Fsp3) is 0.333. The van der Waals surface area contributed by atoms with Crippen molar-refractivity contribution in [3.05, 3.63) is 33.9 Å². The number of hydrogen-bond donors (Lipinski definition) is 1. The molecule has 0 radical (unpaired) electrons. The van der Waals surface area contributed by atoms with Crippen molar-refractivity contribution in [1.82, 2.24) is 4.57 Å². The molecule has 0 fully saturated rings. The molecule has 15 heavy (non-hydrogen) atoms. The van der Waals surface area contributed by atoms with Crippen molar-refractivity contribution in [2.75, 3.05) is 6.54 Å². The second-order valence-electron chi connectivity index (χ2n) is 3.89. The molecule has 0 aliphatic heterocycles. The number of halogens is 1. The number of hydrogen-bond acceptors (Lipinski definition) is 1. The normalized spacial score (nSPS) is 11.2. The first kappa shape index (κ1) is 10.7. The summed E-state index contributed by atoms with van der Waals surface area (Å²) in [4.78, 5) is 0. The summed E-state index contributed by atoms with van der Waals surface area (Å²) in [6.45, 7) is 2.82. The van der Waals surface area contributed by atoms with Crippen LogP contribution in [0.2, 0.25) is 0 Å². The van der Waals surface area contributed by atoms with Crippen LogP contribution >= 0.6 is 15.9 Å². The Kier molecular flexibility index (Phi) is 2.85. The van der Waals surface area contributed by atoms with Crippen molar-refractivity contribution in [3.8, 4) is 0 Å². The molecule has 1 aromatic heterocycles. The number of rotatable bonds is 2. The minimum Gasteiger partial charge on any atom is -0.348 e. The minimum atomic E-state index is 0.690. The Morgan fingerprint density at radius 2 is 2.07 bits per heavy atom. The summed E-state index contributed by atoms with van der Waals surface area (Å²) >= 11 is 3.54. The third kappa shape index (κ3) is 1.82. The Morgan fingerprint density at radius 3 is 2.73 bits per heavy atom. The van der Waals surface area contributed by atoms with E-state index in [0.717, 1.165) is 10.9 Å². The van der Waals surface area contributed by atoms with Crippen molar-refractivity contribution < 1.29 is 0 Å². The summed E-state index contributed by atoms with van der Waals surface area (Å²) in [5.41, 5.74) is 9.54. The summed E-state index contributed by atoms with van der Waals surface area (Å²) in [5.74, 6) is 0. The van der Waals surface area contributed by atoms with Crippen LogP contribution in [0.15, 0.2) is 22.7 Å². The van der Waals surface area contributed by atoms with Crippen LogP contribution in [-0.2, 0) is 13.5 Å². The molecule has 2 rings (SSSR count). The van der Waals surface area contributed by atoms with Gasteiger partial charge in [-0.25, -0.2) is 0 Å². The predicted octanol–water partition coefficient (Wildman–Crippen LogP) is 2.75. The largest absolute Gasteiger partial charge is 0.348 e. The van der Waals surface area contributed by atoms with E-state index in [0.29, 0.717) is 6.54 Å². The molecular weight excluding hydrogens is 252 g/mol. The van der Waals surface area contributed by atoms with Gasteiger partial charge in [0.15, 0.2) is 0 Å². The molecule has 1 heterocycles. The Bertz CT molecular complexity index is 500. The molecule has 80 valence electrons. The Morgan fingerprint density at radius 1 is 1.33 bits per heavy atom. The highest BCUT2D eigenvalue weighted by Crippen LogP contribution is 2.26. The molecule has 0 saturated heterocycles. The van der Waals surface area contributed by atoms with Crippen LogP contribution in [0.4, 0.5) is 0 Å². The molecule has 3 heteroatoms. The van der Waals surface area contributed by atoms with E-state index in [1.165, 1.54) is 22.2 Å². The van der Waals surface area contributed by atoms with Gasteiger partial charge in [0.05, 0.1) is 5.52 Å². The predicted molar refractivity (Wildman–Crippen MR) is 68.1 cm³/mol. The lowest BCUT2D eigenvalue weighted by atomic mass is 10.1. The Labute approximate surface area is 98.2 Å². The van der Waals surface area contributed by atoms with Crippen molar-refractivity contribution in [2.45, 2.75) is 13.3 Å². The van der Waals surface area contributed by atoms with E-state index >= 15 is 0 Å². The first-order chi connectivity index (χ1) is 7.13. The molecule has 2 N–H and O–H groups in total. The van der Waals surface area contributed by atoms with Gasteiger partial charge in [0.2, 0.25) is 0 Å². The molecule has 0 unspecified atom stereocenters. The van der Waals surface area contributed by atoms with Crippen molar-refractivity contribution in [3.63, 3.8) is 0 Å². The zero-order valence-electron chi connectivity index (χ0n) is 9.05. The maximum Gasteiger partial charge on any atom is 0.0513 e. The van der Waals surface area contributed by atoms with Crippen LogP contribution in [0.25, 0.3) is 10.9 Å². The molecule has 2 nitrogen and oxygen atoms in total. The van der Waals surface area contributed by atoms with Gasteiger partial charge in [0.25, 0.3) is 0 Å². The molecule has 1 aromatic carbocycles. The fourth-order valence-electron chi connectivity index (χ4n) is 2.04. The van der Waals surface area contributed by atoms with Crippen molar-refractivity contribution in [1.29, 1.82) is 0 Å². The maximum atomic E-state index is 5.63. The number of aryl methyl sites for hydroxylation is 2. The lowest BCUT2D eigenvalue weighted by Crippen LogP contribution is -2.04. The van der Waals surface area contributed by atoms with Gasteiger partial charge in [0, 0.05) is 22.6 Å². The summed E-state index contributed by atoms with van der Waals surface area (Å²) < 4.78 is 3.36. The molecule has 0 saturated carbocycles. The average molecular weight is 267 g/mol. The smallest absolute Gasteiger partial charge is 0.0513 e. The van der Waals surface area contributed by atoms with Gasteiger partial charge in [-0.15, -0.1) is 0 Å². The van der Waals surface area contributed by atoms with Crippen LogP contribution in [0.3, 0.4) is 0 Å². The number of fused-ring (bicyclic) bond motifs is 1. The molecule has 0 atom stereocenters. The monoisotopic (exact) mass is 266 g/mol. The topological polar surface area (TPSA) is 30.9 Å². The molecule has 0 bridgehead atoms. The van der Waals surface area contributed by atoms with Crippen LogP contribution in [0.5, 0.6) is 0 Å². The van der Waals surface area contributed by atoms with Crippen LogP contribution in [-0.4, -0.2) is 11.1 Å². The first-order valence-corrected chi connectivity index (χ1v) is 5.87. The summed E-state index contributed by atoms with van der Waals surface area (Å²) in [6.07, 6.45) is 0.924. The van der Waals surface area contributed by atoms with Gasteiger partial charge < -0.3 is 10.3 Å². The zero-order valence-corrected chi connectivity index (χ0v) is 10.6. The van der Waals surface area contributed by atoms with Gasteiger partial charge in [-0.3, -0.25) is 0 Å². The highest BCUT2D eigenvalue weighted by Gasteiger charge is 2.08. The third-order valence-corrected chi connectivity index (χ3v) is 3.28. The SMILES string of the molecule is Cc1cc2cc(Br)cc(CCN)c2n1C. The average Bonchev–Trinajstić information content (AvgIpc) is 2.42. The fourth-order valence-corrected chi connectivity index (χ4v) is 2.57. The molecule has 0 amide bonds. The second kappa shape index (κ2) is 3.99. The highest BCUT2D eigenvalue weighted by atomic mass is 79.9. The third-order valence-electron chi connectivity index (χ3n) is 2.83. The van der Waals surface area contributed by atoms with Crippen LogP contribution < -0.4 is 5.73 Å². The van der Waals surface area contributed by atoms with Crippen LogP contribution in [0.1, 0.15) is 11.3 Å². The lowest BCUT2D eigenvalue weighted by molar-refractivity contribution is 0.897. The van der Waals surface area contributed by atoms with E-state index in [-0.39, 0.29) is 0 Å².